The molecule has 0 fully saturated rings. The Hall–Kier alpha value is -3.85. The Morgan fingerprint density at radius 3 is 2.44 bits per heavy atom. The fourth-order valence-corrected chi connectivity index (χ4v) is 5.39. The average Bonchev–Trinajstić information content (AvgIpc) is 3.36. The van der Waals surface area contributed by atoms with Crippen LogP contribution in [0.25, 0.3) is 22.2 Å². The Morgan fingerprint density at radius 1 is 1.08 bits per heavy atom. The van der Waals surface area contributed by atoms with Crippen LogP contribution in [0.4, 0.5) is 5.13 Å². The second-order valence-electron chi connectivity index (χ2n) is 8.59. The van der Waals surface area contributed by atoms with Gasteiger partial charge in [0.2, 0.25) is 0 Å². The molecule has 0 aliphatic carbocycles. The van der Waals surface area contributed by atoms with Gasteiger partial charge in [-0.05, 0) is 62.6 Å². The fourth-order valence-electron chi connectivity index (χ4n) is 4.48. The third-order valence-corrected chi connectivity index (χ3v) is 7.31. The largest absolute Gasteiger partial charge is 0.496 e. The van der Waals surface area contributed by atoms with E-state index in [4.69, 9.17) is 14.5 Å². The van der Waals surface area contributed by atoms with E-state index in [2.05, 4.69) is 5.32 Å². The molecular formula is C27H29N3O5S. The molecule has 2 N–H and O–H groups in total. The lowest BCUT2D eigenvalue weighted by molar-refractivity contribution is -0.137. The van der Waals surface area contributed by atoms with E-state index in [1.807, 2.05) is 58.0 Å². The van der Waals surface area contributed by atoms with Crippen LogP contribution in [0.5, 0.6) is 11.5 Å². The number of carboxylic acids is 1. The number of methoxy groups -OCH3 is 2. The summed E-state index contributed by atoms with van der Waals surface area (Å²) in [6, 6.07) is 9.52. The Labute approximate surface area is 213 Å². The first-order chi connectivity index (χ1) is 17.2. The van der Waals surface area contributed by atoms with Crippen LogP contribution in [0.15, 0.2) is 30.3 Å². The average molecular weight is 508 g/mol. The van der Waals surface area contributed by atoms with Crippen molar-refractivity contribution in [3.63, 3.8) is 0 Å². The van der Waals surface area contributed by atoms with E-state index in [9.17, 15) is 14.7 Å². The number of nitrogens with one attached hydrogen (secondary N) is 1. The van der Waals surface area contributed by atoms with Crippen molar-refractivity contribution in [1.82, 2.24) is 9.55 Å². The number of carboxylic acid groups (broad SMARTS) is 1. The standard InChI is InChI=1S/C27H29N3O5S/c1-7-22-24(18-12-20(34-5)15(3)11-21(18)35-6)28-27(36-22)29-26(33)25-16(4)17-10-14(2)8-9-19(17)30(25)13-23(31)32/h8-12H,7,13H2,1-6H3,(H,31,32)(H,28,29,33). The molecule has 8 nitrogen and oxygen atoms in total. The second-order valence-corrected chi connectivity index (χ2v) is 9.68. The summed E-state index contributed by atoms with van der Waals surface area (Å²) in [5.74, 6) is -0.0414. The molecule has 0 bridgehead atoms. The summed E-state index contributed by atoms with van der Waals surface area (Å²) in [7, 11) is 3.23. The molecule has 0 aliphatic rings. The molecular weight excluding hydrogens is 478 g/mol. The summed E-state index contributed by atoms with van der Waals surface area (Å²) in [6.07, 6.45) is 0.708. The zero-order chi connectivity index (χ0) is 26.1. The molecule has 0 radical (unpaired) electrons. The lowest BCUT2D eigenvalue weighted by atomic mass is 10.1. The molecule has 188 valence electrons. The highest BCUT2D eigenvalue weighted by molar-refractivity contribution is 7.16. The highest BCUT2D eigenvalue weighted by Gasteiger charge is 2.24. The minimum atomic E-state index is -1.02. The quantitative estimate of drug-likeness (QED) is 0.322. The van der Waals surface area contributed by atoms with Gasteiger partial charge < -0.3 is 19.1 Å². The number of amides is 1. The van der Waals surface area contributed by atoms with E-state index in [0.29, 0.717) is 34.2 Å². The van der Waals surface area contributed by atoms with E-state index in [0.717, 1.165) is 38.3 Å². The van der Waals surface area contributed by atoms with Gasteiger partial charge in [0.1, 0.15) is 23.7 Å². The van der Waals surface area contributed by atoms with Crippen molar-refractivity contribution in [3.05, 3.63) is 57.6 Å². The third kappa shape index (κ3) is 4.54. The fraction of sp³-hybridized carbons (Fsp3) is 0.296. The first-order valence-corrected chi connectivity index (χ1v) is 12.3. The molecule has 0 saturated heterocycles. The van der Waals surface area contributed by atoms with E-state index in [1.165, 1.54) is 11.3 Å². The molecule has 2 heterocycles. The minimum Gasteiger partial charge on any atom is -0.496 e. The van der Waals surface area contributed by atoms with Crippen LogP contribution in [0, 0.1) is 20.8 Å². The number of carbonyl (C=O) groups is 2. The molecule has 2 aromatic carbocycles. The summed E-state index contributed by atoms with van der Waals surface area (Å²) in [5.41, 5.74) is 5.21. The number of aliphatic carboxylic acids is 1. The summed E-state index contributed by atoms with van der Waals surface area (Å²) < 4.78 is 12.7. The summed E-state index contributed by atoms with van der Waals surface area (Å²) in [5, 5.41) is 13.7. The van der Waals surface area contributed by atoms with Crippen LogP contribution in [-0.4, -0.2) is 40.8 Å². The smallest absolute Gasteiger partial charge is 0.323 e. The number of aromatic nitrogens is 2. The predicted molar refractivity (Wildman–Crippen MR) is 142 cm³/mol. The lowest BCUT2D eigenvalue weighted by Crippen LogP contribution is -2.20. The second kappa shape index (κ2) is 10.0. The molecule has 1 amide bonds. The molecule has 4 rings (SSSR count). The molecule has 4 aromatic rings. The van der Waals surface area contributed by atoms with Crippen molar-refractivity contribution in [2.45, 2.75) is 40.7 Å². The van der Waals surface area contributed by atoms with Crippen LogP contribution in [0.3, 0.4) is 0 Å². The number of hydrogen-bond donors (Lipinski definition) is 2. The number of carbonyl (C=O) groups excluding carboxylic acids is 1. The molecule has 9 heteroatoms. The monoisotopic (exact) mass is 507 g/mol. The summed E-state index contributed by atoms with van der Waals surface area (Å²) in [6.45, 7) is 7.45. The SMILES string of the molecule is CCc1sc(NC(=O)c2c(C)c3cc(C)ccc3n2CC(=O)O)nc1-c1cc(OC)c(C)cc1OC. The maximum atomic E-state index is 13.5. The van der Waals surface area contributed by atoms with Crippen LogP contribution in [-0.2, 0) is 17.8 Å². The van der Waals surface area contributed by atoms with Crippen molar-refractivity contribution >= 4 is 39.2 Å². The maximum absolute atomic E-state index is 13.5. The predicted octanol–water partition coefficient (Wildman–Crippen LogP) is 5.61. The first kappa shape index (κ1) is 25.2. The van der Waals surface area contributed by atoms with E-state index in [1.54, 1.807) is 18.8 Å². The molecule has 0 unspecified atom stereocenters. The van der Waals surface area contributed by atoms with Gasteiger partial charge in [-0.2, -0.15) is 0 Å². The maximum Gasteiger partial charge on any atom is 0.323 e. The van der Waals surface area contributed by atoms with E-state index in [-0.39, 0.29) is 6.54 Å². The topological polar surface area (TPSA) is 103 Å². The van der Waals surface area contributed by atoms with Crippen molar-refractivity contribution in [3.8, 4) is 22.8 Å². The zero-order valence-electron chi connectivity index (χ0n) is 21.2. The number of ether oxygens (including phenoxy) is 2. The van der Waals surface area contributed by atoms with E-state index >= 15 is 0 Å². The van der Waals surface area contributed by atoms with Crippen LogP contribution in [0.2, 0.25) is 0 Å². The van der Waals surface area contributed by atoms with Gasteiger partial charge in [0, 0.05) is 21.3 Å². The highest BCUT2D eigenvalue weighted by Crippen LogP contribution is 2.40. The van der Waals surface area contributed by atoms with Gasteiger partial charge >= 0.3 is 5.97 Å². The minimum absolute atomic E-state index is 0.308. The molecule has 0 saturated carbocycles. The molecule has 2 aromatic heterocycles. The summed E-state index contributed by atoms with van der Waals surface area (Å²) in [4.78, 5) is 30.8. The zero-order valence-corrected chi connectivity index (χ0v) is 22.0. The van der Waals surface area contributed by atoms with Gasteiger partial charge in [0.15, 0.2) is 5.13 Å². The van der Waals surface area contributed by atoms with Crippen LogP contribution < -0.4 is 14.8 Å². The van der Waals surface area contributed by atoms with Crippen molar-refractivity contribution in [2.24, 2.45) is 0 Å². The lowest BCUT2D eigenvalue weighted by Gasteiger charge is -2.12. The molecule has 0 aliphatic heterocycles. The number of hydrogen-bond acceptors (Lipinski definition) is 6. The Morgan fingerprint density at radius 2 is 1.81 bits per heavy atom. The van der Waals surface area contributed by atoms with Gasteiger partial charge in [-0.3, -0.25) is 14.9 Å². The number of benzene rings is 2. The Bertz CT molecular complexity index is 1480. The number of fused-ring (bicyclic) bond motifs is 1. The normalized spacial score (nSPS) is 11.1. The van der Waals surface area contributed by atoms with Gasteiger partial charge in [-0.25, -0.2) is 4.98 Å². The van der Waals surface area contributed by atoms with Crippen molar-refractivity contribution in [2.75, 3.05) is 19.5 Å². The van der Waals surface area contributed by atoms with Crippen molar-refractivity contribution in [1.29, 1.82) is 0 Å². The molecule has 0 spiro atoms. The number of anilines is 1. The number of nitrogens with zero attached hydrogens (tertiary/aromatic N) is 2. The Balaban J connectivity index is 1.77. The first-order valence-electron chi connectivity index (χ1n) is 11.5. The van der Waals surface area contributed by atoms with Crippen molar-refractivity contribution < 1.29 is 24.2 Å². The van der Waals surface area contributed by atoms with Gasteiger partial charge in [-0.15, -0.1) is 11.3 Å². The summed E-state index contributed by atoms with van der Waals surface area (Å²) >= 11 is 1.38. The van der Waals surface area contributed by atoms with E-state index < -0.39 is 11.9 Å². The Kier molecular flexibility index (Phi) is 7.03. The molecule has 0 atom stereocenters. The molecule has 36 heavy (non-hydrogen) atoms. The van der Waals surface area contributed by atoms with Gasteiger partial charge in [0.05, 0.1) is 19.9 Å². The number of thiazole rings is 1. The number of rotatable bonds is 8. The van der Waals surface area contributed by atoms with Gasteiger partial charge in [0.25, 0.3) is 5.91 Å². The van der Waals surface area contributed by atoms with Gasteiger partial charge in [-0.1, -0.05) is 18.6 Å². The third-order valence-electron chi connectivity index (χ3n) is 6.19. The highest BCUT2D eigenvalue weighted by atomic mass is 32.1. The number of aryl methyl sites for hydroxylation is 4. The van der Waals surface area contributed by atoms with Crippen LogP contribution >= 0.6 is 11.3 Å². The van der Waals surface area contributed by atoms with Crippen LogP contribution in [0.1, 0.15) is 39.0 Å².